The van der Waals surface area contributed by atoms with Gasteiger partial charge in [-0.15, -0.1) is 0 Å². The zero-order valence-corrected chi connectivity index (χ0v) is 16.5. The molecule has 31 heavy (non-hydrogen) atoms. The lowest BCUT2D eigenvalue weighted by Gasteiger charge is -2.19. The number of aromatic nitrogens is 2. The van der Waals surface area contributed by atoms with Crippen molar-refractivity contribution in [2.75, 3.05) is 0 Å². The third-order valence-corrected chi connectivity index (χ3v) is 5.00. The first-order valence-electron chi connectivity index (χ1n) is 9.10. The van der Waals surface area contributed by atoms with Crippen LogP contribution in [0.2, 0.25) is 5.02 Å². The summed E-state index contributed by atoms with van der Waals surface area (Å²) in [5.41, 5.74) is 0.226. The molecule has 8 heteroatoms. The average Bonchev–Trinajstić information content (AvgIpc) is 3.18. The summed E-state index contributed by atoms with van der Waals surface area (Å²) in [6.07, 6.45) is -3.22. The number of pyridine rings is 1. The maximum atomic E-state index is 13.8. The van der Waals surface area contributed by atoms with E-state index >= 15 is 0 Å². The number of halogens is 4. The number of aromatic carboxylic acids is 1. The molecule has 2 heterocycles. The summed E-state index contributed by atoms with van der Waals surface area (Å²) in [7, 11) is 0. The summed E-state index contributed by atoms with van der Waals surface area (Å²) in [4.78, 5) is 15.9. The smallest absolute Gasteiger partial charge is 0.418 e. The van der Waals surface area contributed by atoms with Gasteiger partial charge in [0, 0.05) is 11.2 Å². The van der Waals surface area contributed by atoms with Gasteiger partial charge in [-0.25, -0.2) is 4.79 Å². The lowest BCUT2D eigenvalue weighted by atomic mass is 10.1. The van der Waals surface area contributed by atoms with E-state index in [1.54, 1.807) is 36.4 Å². The zero-order chi connectivity index (χ0) is 22.2. The fraction of sp³-hybridized carbons (Fsp3) is 0.0435. The normalized spacial score (nSPS) is 11.5. The molecule has 0 bridgehead atoms. The Hall–Kier alpha value is -3.58. The highest BCUT2D eigenvalue weighted by atomic mass is 35.5. The van der Waals surface area contributed by atoms with Crippen LogP contribution in [0, 0.1) is 0 Å². The number of carbonyl (C=O) groups is 1. The van der Waals surface area contributed by atoms with Gasteiger partial charge in [0.2, 0.25) is 0 Å². The van der Waals surface area contributed by atoms with Crippen molar-refractivity contribution in [2.24, 2.45) is 0 Å². The molecule has 1 N–H and O–H groups in total. The number of rotatable bonds is 4. The number of benzene rings is 2. The number of alkyl halides is 3. The van der Waals surface area contributed by atoms with E-state index in [4.69, 9.17) is 11.6 Å². The summed E-state index contributed by atoms with van der Waals surface area (Å²) >= 11 is 5.97. The summed E-state index contributed by atoms with van der Waals surface area (Å²) in [6, 6.07) is 17.8. The van der Waals surface area contributed by atoms with E-state index in [9.17, 15) is 23.1 Å². The van der Waals surface area contributed by atoms with Gasteiger partial charge >= 0.3 is 12.1 Å². The zero-order valence-electron chi connectivity index (χ0n) is 15.8. The quantitative estimate of drug-likeness (QED) is 0.388. The highest BCUT2D eigenvalue weighted by Crippen LogP contribution is 2.39. The topological polar surface area (TPSA) is 55.1 Å². The minimum Gasteiger partial charge on any atom is -0.478 e. The third kappa shape index (κ3) is 3.92. The molecule has 0 saturated carbocycles. The lowest BCUT2D eigenvalue weighted by Crippen LogP contribution is -2.13. The van der Waals surface area contributed by atoms with Crippen LogP contribution in [0.15, 0.2) is 79.0 Å². The number of carboxylic acid groups (broad SMARTS) is 1. The van der Waals surface area contributed by atoms with Gasteiger partial charge in [-0.1, -0.05) is 35.9 Å². The van der Waals surface area contributed by atoms with Crippen molar-refractivity contribution in [3.63, 3.8) is 0 Å². The number of hydrogen-bond acceptors (Lipinski definition) is 2. The molecule has 0 saturated heterocycles. The highest BCUT2D eigenvalue weighted by Gasteiger charge is 2.35. The van der Waals surface area contributed by atoms with Crippen LogP contribution in [0.25, 0.3) is 28.3 Å². The Bertz CT molecular complexity index is 1260. The van der Waals surface area contributed by atoms with Gasteiger partial charge in [0.1, 0.15) is 5.69 Å². The summed E-state index contributed by atoms with van der Waals surface area (Å²) in [5, 5.41) is 10.1. The van der Waals surface area contributed by atoms with Crippen LogP contribution in [-0.2, 0) is 6.18 Å². The Balaban J connectivity index is 2.07. The van der Waals surface area contributed by atoms with E-state index in [1.807, 2.05) is 0 Å². The molecule has 4 rings (SSSR count). The Kier molecular flexibility index (Phi) is 5.29. The average molecular weight is 443 g/mol. The van der Waals surface area contributed by atoms with Crippen molar-refractivity contribution in [3.8, 4) is 28.3 Å². The van der Waals surface area contributed by atoms with Crippen LogP contribution >= 0.6 is 11.6 Å². The van der Waals surface area contributed by atoms with Crippen molar-refractivity contribution in [2.45, 2.75) is 6.18 Å². The summed E-state index contributed by atoms with van der Waals surface area (Å²) in [5.74, 6) is -1.23. The maximum Gasteiger partial charge on any atom is 0.418 e. The Morgan fingerprint density at radius 1 is 0.903 bits per heavy atom. The van der Waals surface area contributed by atoms with Gasteiger partial charge in [-0.05, 0) is 54.1 Å². The van der Waals surface area contributed by atoms with Crippen LogP contribution < -0.4 is 0 Å². The molecule has 4 nitrogen and oxygen atoms in total. The van der Waals surface area contributed by atoms with Crippen LogP contribution in [0.4, 0.5) is 13.2 Å². The Morgan fingerprint density at radius 2 is 1.58 bits per heavy atom. The predicted molar refractivity (Wildman–Crippen MR) is 111 cm³/mol. The van der Waals surface area contributed by atoms with Gasteiger partial charge in [0.25, 0.3) is 0 Å². The molecule has 2 aromatic carbocycles. The lowest BCUT2D eigenvalue weighted by molar-refractivity contribution is -0.137. The van der Waals surface area contributed by atoms with Gasteiger partial charge in [-0.2, -0.15) is 13.2 Å². The molecule has 0 aliphatic heterocycles. The molecule has 0 aliphatic rings. The second kappa shape index (κ2) is 7.92. The molecule has 0 amide bonds. The molecule has 0 atom stereocenters. The van der Waals surface area contributed by atoms with Crippen LogP contribution in [0.3, 0.4) is 0 Å². The van der Waals surface area contributed by atoms with Crippen molar-refractivity contribution in [1.82, 2.24) is 9.55 Å². The second-order valence-corrected chi connectivity index (χ2v) is 7.10. The van der Waals surface area contributed by atoms with Crippen LogP contribution in [-0.4, -0.2) is 20.6 Å². The Labute approximate surface area is 180 Å². The Morgan fingerprint density at radius 3 is 2.26 bits per heavy atom. The maximum absolute atomic E-state index is 13.8. The molecule has 0 aliphatic carbocycles. The molecular weight excluding hydrogens is 429 g/mol. The van der Waals surface area contributed by atoms with E-state index in [0.29, 0.717) is 16.3 Å². The van der Waals surface area contributed by atoms with Crippen molar-refractivity contribution < 1.29 is 23.1 Å². The second-order valence-electron chi connectivity index (χ2n) is 6.67. The van der Waals surface area contributed by atoms with Crippen molar-refractivity contribution >= 4 is 17.6 Å². The number of para-hydroxylation sites is 1. The minimum absolute atomic E-state index is 0.0622. The fourth-order valence-electron chi connectivity index (χ4n) is 3.42. The standard InChI is InChI=1S/C23H14ClF3N2O2/c24-15-9-7-14(8-10-15)18-11-12-20(21-16(22(30)31)4-3-13-28-21)29(18)19-6-2-1-5-17(19)23(25,26)27/h1-13H,(H,30,31). The molecule has 0 radical (unpaired) electrons. The molecule has 2 aromatic heterocycles. The molecule has 4 aromatic rings. The number of carboxylic acids is 1. The van der Waals surface area contributed by atoms with Gasteiger partial charge in [0.15, 0.2) is 0 Å². The first-order chi connectivity index (χ1) is 14.8. The van der Waals surface area contributed by atoms with Gasteiger partial charge in [0.05, 0.1) is 28.2 Å². The molecule has 156 valence electrons. The largest absolute Gasteiger partial charge is 0.478 e. The molecule has 0 spiro atoms. The first-order valence-corrected chi connectivity index (χ1v) is 9.48. The van der Waals surface area contributed by atoms with Crippen molar-refractivity contribution in [1.29, 1.82) is 0 Å². The first kappa shape index (κ1) is 20.7. The van der Waals surface area contributed by atoms with E-state index in [0.717, 1.165) is 6.07 Å². The monoisotopic (exact) mass is 442 g/mol. The van der Waals surface area contributed by atoms with Gasteiger partial charge in [-0.3, -0.25) is 4.98 Å². The summed E-state index contributed by atoms with van der Waals surface area (Å²) in [6.45, 7) is 0. The SMILES string of the molecule is O=C(O)c1cccnc1-c1ccc(-c2ccc(Cl)cc2)n1-c1ccccc1C(F)(F)F. The van der Waals surface area contributed by atoms with Crippen LogP contribution in [0.1, 0.15) is 15.9 Å². The number of hydrogen-bond donors (Lipinski definition) is 1. The van der Waals surface area contributed by atoms with E-state index in [2.05, 4.69) is 4.98 Å². The minimum atomic E-state index is -4.62. The number of nitrogens with zero attached hydrogens (tertiary/aromatic N) is 2. The van der Waals surface area contributed by atoms with Crippen LogP contribution in [0.5, 0.6) is 0 Å². The highest BCUT2D eigenvalue weighted by molar-refractivity contribution is 6.30. The van der Waals surface area contributed by atoms with Gasteiger partial charge < -0.3 is 9.67 Å². The van der Waals surface area contributed by atoms with Crippen molar-refractivity contribution in [3.05, 3.63) is 95.1 Å². The van der Waals surface area contributed by atoms with E-state index in [1.165, 1.54) is 41.1 Å². The molecule has 0 fully saturated rings. The molecular formula is C23H14ClF3N2O2. The van der Waals surface area contributed by atoms with E-state index in [-0.39, 0.29) is 22.6 Å². The summed E-state index contributed by atoms with van der Waals surface area (Å²) < 4.78 is 42.9. The fourth-order valence-corrected chi connectivity index (χ4v) is 3.54. The molecule has 0 unspecified atom stereocenters. The third-order valence-electron chi connectivity index (χ3n) is 4.75. The predicted octanol–water partition coefficient (Wildman–Crippen LogP) is 6.58. The van der Waals surface area contributed by atoms with E-state index < -0.39 is 17.7 Å².